The lowest BCUT2D eigenvalue weighted by atomic mass is 10.1. The van der Waals surface area contributed by atoms with Gasteiger partial charge in [0.2, 0.25) is 11.4 Å². The summed E-state index contributed by atoms with van der Waals surface area (Å²) < 4.78 is 36.4. The van der Waals surface area contributed by atoms with Gasteiger partial charge in [0.1, 0.15) is 11.5 Å². The zero-order valence-electron chi connectivity index (χ0n) is 16.2. The fraction of sp³-hybridized carbons (Fsp3) is 0.300. The molecule has 2 rings (SSSR count). The molecule has 0 bridgehead atoms. The molecule has 0 saturated heterocycles. The standard InChI is InChI=1S/C20H24N2O6S/c1-15(23)27-19(21,17-9-5-3-6-10-17)13-29(25,26)14-20(22,28-16(2)24)18-11-7-4-8-12-18/h3-12H,13-14,21-22H2,1-2H3. The van der Waals surface area contributed by atoms with Crippen LogP contribution in [0.1, 0.15) is 25.0 Å². The second-order valence-corrected chi connectivity index (χ2v) is 8.80. The van der Waals surface area contributed by atoms with Crippen molar-refractivity contribution in [3.8, 4) is 0 Å². The Bertz CT molecular complexity index is 891. The molecular weight excluding hydrogens is 396 g/mol. The molecule has 0 radical (unpaired) electrons. The van der Waals surface area contributed by atoms with Crippen molar-refractivity contribution in [2.24, 2.45) is 11.5 Å². The van der Waals surface area contributed by atoms with Crippen LogP contribution in [-0.4, -0.2) is 31.9 Å². The Morgan fingerprint density at radius 2 is 1.07 bits per heavy atom. The van der Waals surface area contributed by atoms with Crippen LogP contribution in [0.2, 0.25) is 0 Å². The fourth-order valence-electron chi connectivity index (χ4n) is 3.00. The number of carbonyl (C=O) groups is 2. The van der Waals surface area contributed by atoms with Gasteiger partial charge in [-0.1, -0.05) is 60.7 Å². The minimum absolute atomic E-state index is 0.300. The molecule has 0 aliphatic heterocycles. The van der Waals surface area contributed by atoms with Crippen LogP contribution in [-0.2, 0) is 40.4 Å². The van der Waals surface area contributed by atoms with Crippen LogP contribution >= 0.6 is 0 Å². The van der Waals surface area contributed by atoms with Gasteiger partial charge in [-0.25, -0.2) is 8.42 Å². The maximum absolute atomic E-state index is 13.0. The summed E-state index contributed by atoms with van der Waals surface area (Å²) in [6.07, 6.45) is 0. The molecule has 2 atom stereocenters. The Morgan fingerprint density at radius 3 is 1.34 bits per heavy atom. The lowest BCUT2D eigenvalue weighted by Crippen LogP contribution is -2.52. The number of esters is 2. The van der Waals surface area contributed by atoms with Gasteiger partial charge in [0.25, 0.3) is 0 Å². The molecule has 0 aliphatic carbocycles. The number of benzene rings is 2. The lowest BCUT2D eigenvalue weighted by molar-refractivity contribution is -0.155. The number of rotatable bonds is 8. The van der Waals surface area contributed by atoms with Gasteiger partial charge >= 0.3 is 11.9 Å². The predicted octanol–water partition coefficient (Wildman–Crippen LogP) is 1.15. The molecule has 0 fully saturated rings. The van der Waals surface area contributed by atoms with E-state index in [0.29, 0.717) is 11.1 Å². The van der Waals surface area contributed by atoms with E-state index in [1.54, 1.807) is 60.7 Å². The third-order valence-corrected chi connectivity index (χ3v) is 5.78. The van der Waals surface area contributed by atoms with E-state index in [1.807, 2.05) is 0 Å². The molecule has 0 aromatic heterocycles. The highest BCUT2D eigenvalue weighted by Crippen LogP contribution is 2.27. The van der Waals surface area contributed by atoms with Crippen molar-refractivity contribution in [1.29, 1.82) is 0 Å². The van der Waals surface area contributed by atoms with Crippen LogP contribution < -0.4 is 11.5 Å². The molecule has 0 spiro atoms. The monoisotopic (exact) mass is 420 g/mol. The van der Waals surface area contributed by atoms with E-state index in [-0.39, 0.29) is 0 Å². The molecular formula is C20H24N2O6S. The van der Waals surface area contributed by atoms with Crippen LogP contribution in [0.25, 0.3) is 0 Å². The Balaban J connectivity index is 2.40. The summed E-state index contributed by atoms with van der Waals surface area (Å²) in [5, 5.41) is 0. The first-order valence-electron chi connectivity index (χ1n) is 8.74. The molecule has 0 saturated carbocycles. The molecule has 0 aliphatic rings. The molecule has 9 heteroatoms. The SMILES string of the molecule is CC(=O)OC(N)(CS(=O)(=O)CC(N)(OC(C)=O)c1ccccc1)c1ccccc1. The van der Waals surface area contributed by atoms with Gasteiger partial charge in [0, 0.05) is 25.0 Å². The van der Waals surface area contributed by atoms with E-state index in [4.69, 9.17) is 20.9 Å². The van der Waals surface area contributed by atoms with E-state index in [1.165, 1.54) is 0 Å². The zero-order chi connectivity index (χ0) is 21.7. The van der Waals surface area contributed by atoms with E-state index >= 15 is 0 Å². The Morgan fingerprint density at radius 1 is 0.759 bits per heavy atom. The van der Waals surface area contributed by atoms with E-state index in [0.717, 1.165) is 13.8 Å². The van der Waals surface area contributed by atoms with Crippen LogP contribution in [0.3, 0.4) is 0 Å². The van der Waals surface area contributed by atoms with Gasteiger partial charge in [-0.05, 0) is 0 Å². The summed E-state index contributed by atoms with van der Waals surface area (Å²) in [5.41, 5.74) is 9.13. The molecule has 0 amide bonds. The highest BCUT2D eigenvalue weighted by molar-refractivity contribution is 7.91. The summed E-state index contributed by atoms with van der Waals surface area (Å²) >= 11 is 0. The average molecular weight is 420 g/mol. The second kappa shape index (κ2) is 8.73. The third kappa shape index (κ3) is 6.11. The number of nitrogens with two attached hydrogens (primary N) is 2. The Labute approximate surface area is 169 Å². The van der Waals surface area contributed by atoms with Crippen LogP contribution in [0, 0.1) is 0 Å². The highest BCUT2D eigenvalue weighted by Gasteiger charge is 2.42. The van der Waals surface area contributed by atoms with Crippen molar-refractivity contribution >= 4 is 21.8 Å². The summed E-state index contributed by atoms with van der Waals surface area (Å²) in [6, 6.07) is 16.2. The maximum Gasteiger partial charge on any atom is 0.304 e. The summed E-state index contributed by atoms with van der Waals surface area (Å²) in [5.74, 6) is -2.99. The largest absolute Gasteiger partial charge is 0.439 e. The van der Waals surface area contributed by atoms with Crippen molar-refractivity contribution in [1.82, 2.24) is 0 Å². The molecule has 2 aromatic rings. The van der Waals surface area contributed by atoms with E-state index in [2.05, 4.69) is 0 Å². The number of sulfone groups is 1. The molecule has 29 heavy (non-hydrogen) atoms. The average Bonchev–Trinajstić information content (AvgIpc) is 2.60. The van der Waals surface area contributed by atoms with Crippen molar-refractivity contribution in [3.63, 3.8) is 0 Å². The Kier molecular flexibility index (Phi) is 6.78. The van der Waals surface area contributed by atoms with Gasteiger partial charge in [-0.2, -0.15) is 0 Å². The molecule has 2 unspecified atom stereocenters. The van der Waals surface area contributed by atoms with Crippen molar-refractivity contribution in [3.05, 3.63) is 71.8 Å². The van der Waals surface area contributed by atoms with E-state index in [9.17, 15) is 18.0 Å². The lowest BCUT2D eigenvalue weighted by Gasteiger charge is -2.32. The quantitative estimate of drug-likeness (QED) is 0.479. The molecule has 156 valence electrons. The summed E-state index contributed by atoms with van der Waals surface area (Å²) in [7, 11) is -4.09. The Hall–Kier alpha value is -2.75. The minimum Gasteiger partial charge on any atom is -0.439 e. The summed E-state index contributed by atoms with van der Waals surface area (Å²) in [6.45, 7) is 2.26. The number of carbonyl (C=O) groups excluding carboxylic acids is 2. The normalized spacial score (nSPS) is 15.6. The smallest absolute Gasteiger partial charge is 0.304 e. The van der Waals surface area contributed by atoms with Crippen molar-refractivity contribution in [2.45, 2.75) is 25.3 Å². The van der Waals surface area contributed by atoms with Gasteiger partial charge in [-0.15, -0.1) is 0 Å². The van der Waals surface area contributed by atoms with Gasteiger partial charge in [-0.3, -0.25) is 21.1 Å². The summed E-state index contributed by atoms with van der Waals surface area (Å²) in [4.78, 5) is 23.2. The van der Waals surface area contributed by atoms with Crippen LogP contribution in [0.5, 0.6) is 0 Å². The second-order valence-electron chi connectivity index (χ2n) is 6.73. The third-order valence-electron chi connectivity index (χ3n) is 4.05. The first-order valence-corrected chi connectivity index (χ1v) is 10.6. The fourth-order valence-corrected chi connectivity index (χ4v) is 4.86. The van der Waals surface area contributed by atoms with Crippen LogP contribution in [0.4, 0.5) is 0 Å². The molecule has 2 aromatic carbocycles. The maximum atomic E-state index is 13.0. The number of hydrogen-bond donors (Lipinski definition) is 2. The first kappa shape index (κ1) is 22.5. The molecule has 4 N–H and O–H groups in total. The van der Waals surface area contributed by atoms with Crippen molar-refractivity contribution in [2.75, 3.05) is 11.5 Å². The first-order chi connectivity index (χ1) is 13.5. The topological polar surface area (TPSA) is 139 Å². The van der Waals surface area contributed by atoms with Crippen molar-refractivity contribution < 1.29 is 27.5 Å². The minimum atomic E-state index is -4.09. The van der Waals surface area contributed by atoms with E-state index < -0.39 is 44.7 Å². The zero-order valence-corrected chi connectivity index (χ0v) is 17.0. The predicted molar refractivity (Wildman–Crippen MR) is 107 cm³/mol. The van der Waals surface area contributed by atoms with Crippen LogP contribution in [0.15, 0.2) is 60.7 Å². The molecule has 0 heterocycles. The number of ether oxygens (including phenoxy) is 2. The molecule has 8 nitrogen and oxygen atoms in total. The van der Waals surface area contributed by atoms with Gasteiger partial charge in [0.05, 0.1) is 0 Å². The van der Waals surface area contributed by atoms with Gasteiger partial charge < -0.3 is 9.47 Å². The van der Waals surface area contributed by atoms with Gasteiger partial charge in [0.15, 0.2) is 9.84 Å². The number of hydrogen-bond acceptors (Lipinski definition) is 8. The highest BCUT2D eigenvalue weighted by atomic mass is 32.2.